The second-order valence-electron chi connectivity index (χ2n) is 5.92. The summed E-state index contributed by atoms with van der Waals surface area (Å²) in [6, 6.07) is 7.19. The van der Waals surface area contributed by atoms with Crippen LogP contribution in [0.1, 0.15) is 22.2 Å². The summed E-state index contributed by atoms with van der Waals surface area (Å²) in [7, 11) is 1.94. The van der Waals surface area contributed by atoms with Crippen molar-refractivity contribution in [2.45, 2.75) is 6.04 Å². The molecule has 1 saturated heterocycles. The molecule has 9 nitrogen and oxygen atoms in total. The minimum atomic E-state index is -0.0829. The summed E-state index contributed by atoms with van der Waals surface area (Å²) in [5.74, 6) is 0.878. The monoisotopic (exact) mass is 338 g/mol. The predicted molar refractivity (Wildman–Crippen MR) is 89.0 cm³/mol. The highest BCUT2D eigenvalue weighted by atomic mass is 16.2. The maximum absolute atomic E-state index is 13.0. The van der Waals surface area contributed by atoms with E-state index in [9.17, 15) is 4.79 Å². The molecular formula is C16H18N8O. The van der Waals surface area contributed by atoms with Crippen LogP contribution in [-0.2, 0) is 7.05 Å². The summed E-state index contributed by atoms with van der Waals surface area (Å²) in [5.41, 5.74) is 1.44. The fourth-order valence-corrected chi connectivity index (χ4v) is 3.08. The number of imidazole rings is 1. The largest absolute Gasteiger partial charge is 0.336 e. The molecule has 0 spiro atoms. The molecule has 0 aliphatic carbocycles. The highest BCUT2D eigenvalue weighted by Crippen LogP contribution is 2.23. The van der Waals surface area contributed by atoms with E-state index in [0.29, 0.717) is 18.7 Å². The van der Waals surface area contributed by atoms with E-state index in [1.165, 1.54) is 6.33 Å². The Kier molecular flexibility index (Phi) is 3.98. The van der Waals surface area contributed by atoms with E-state index in [1.807, 2.05) is 34.8 Å². The topological polar surface area (TPSA) is 93.8 Å². The number of benzene rings is 1. The SMILES string of the molecule is Cn1ccnc1C1CNCCN1C(=O)c1ccc(-n2cnnn2)cc1. The van der Waals surface area contributed by atoms with Gasteiger partial charge in [-0.2, -0.15) is 0 Å². The van der Waals surface area contributed by atoms with Gasteiger partial charge in [0, 0.05) is 44.6 Å². The van der Waals surface area contributed by atoms with Gasteiger partial charge >= 0.3 is 0 Å². The summed E-state index contributed by atoms with van der Waals surface area (Å²) in [5, 5.41) is 14.4. The van der Waals surface area contributed by atoms with Crippen molar-refractivity contribution >= 4 is 5.91 Å². The van der Waals surface area contributed by atoms with Crippen molar-refractivity contribution in [2.75, 3.05) is 19.6 Å². The zero-order chi connectivity index (χ0) is 17.2. The van der Waals surface area contributed by atoms with E-state index < -0.39 is 0 Å². The lowest BCUT2D eigenvalue weighted by Gasteiger charge is -2.35. The van der Waals surface area contributed by atoms with Gasteiger partial charge in [0.1, 0.15) is 18.2 Å². The van der Waals surface area contributed by atoms with Crippen LogP contribution in [-0.4, -0.2) is 60.2 Å². The van der Waals surface area contributed by atoms with Crippen LogP contribution in [0.15, 0.2) is 43.0 Å². The highest BCUT2D eigenvalue weighted by Gasteiger charge is 2.30. The van der Waals surface area contributed by atoms with Gasteiger partial charge in [0.25, 0.3) is 5.91 Å². The molecule has 0 bridgehead atoms. The van der Waals surface area contributed by atoms with Gasteiger partial charge in [-0.3, -0.25) is 4.79 Å². The number of hydrogen-bond acceptors (Lipinski definition) is 6. The van der Waals surface area contributed by atoms with Crippen LogP contribution in [0.3, 0.4) is 0 Å². The predicted octanol–water partition coefficient (Wildman–Crippen LogP) is 0.183. The fourth-order valence-electron chi connectivity index (χ4n) is 3.08. The molecule has 1 amide bonds. The zero-order valence-corrected chi connectivity index (χ0v) is 13.8. The molecule has 1 atom stereocenters. The smallest absolute Gasteiger partial charge is 0.254 e. The zero-order valence-electron chi connectivity index (χ0n) is 13.8. The molecule has 1 aliphatic heterocycles. The Balaban J connectivity index is 1.59. The van der Waals surface area contributed by atoms with Crippen molar-refractivity contribution in [3.8, 4) is 5.69 Å². The van der Waals surface area contributed by atoms with Crippen molar-refractivity contribution in [1.29, 1.82) is 0 Å². The molecule has 0 radical (unpaired) electrons. The van der Waals surface area contributed by atoms with Crippen LogP contribution in [0, 0.1) is 0 Å². The van der Waals surface area contributed by atoms with Gasteiger partial charge in [-0.05, 0) is 34.7 Å². The minimum Gasteiger partial charge on any atom is -0.336 e. The lowest BCUT2D eigenvalue weighted by Crippen LogP contribution is -2.49. The maximum atomic E-state index is 13.0. The van der Waals surface area contributed by atoms with E-state index in [2.05, 4.69) is 25.8 Å². The summed E-state index contributed by atoms with van der Waals surface area (Å²) < 4.78 is 3.51. The molecular weight excluding hydrogens is 320 g/mol. The Morgan fingerprint density at radius 3 is 2.80 bits per heavy atom. The molecule has 0 saturated carbocycles. The van der Waals surface area contributed by atoms with Gasteiger partial charge < -0.3 is 14.8 Å². The molecule has 1 aliphatic rings. The average molecular weight is 338 g/mol. The number of rotatable bonds is 3. The third-order valence-corrected chi connectivity index (χ3v) is 4.39. The molecule has 1 aromatic carbocycles. The Morgan fingerprint density at radius 1 is 1.28 bits per heavy atom. The second kappa shape index (κ2) is 6.44. The fraction of sp³-hybridized carbons (Fsp3) is 0.312. The normalized spacial score (nSPS) is 17.6. The van der Waals surface area contributed by atoms with Crippen molar-refractivity contribution < 1.29 is 4.79 Å². The van der Waals surface area contributed by atoms with Gasteiger partial charge in [0.15, 0.2) is 0 Å². The van der Waals surface area contributed by atoms with Crippen LogP contribution < -0.4 is 5.32 Å². The molecule has 1 N–H and O–H groups in total. The first-order valence-electron chi connectivity index (χ1n) is 8.06. The Morgan fingerprint density at radius 2 is 2.12 bits per heavy atom. The molecule has 3 aromatic rings. The van der Waals surface area contributed by atoms with E-state index in [-0.39, 0.29) is 11.9 Å². The summed E-state index contributed by atoms with van der Waals surface area (Å²) in [6.07, 6.45) is 5.17. The lowest BCUT2D eigenvalue weighted by molar-refractivity contribution is 0.0621. The highest BCUT2D eigenvalue weighted by molar-refractivity contribution is 5.94. The van der Waals surface area contributed by atoms with Gasteiger partial charge in [-0.15, -0.1) is 5.10 Å². The second-order valence-corrected chi connectivity index (χ2v) is 5.92. The number of tetrazole rings is 1. The number of aromatic nitrogens is 6. The van der Waals surface area contributed by atoms with Crippen LogP contribution in [0.5, 0.6) is 0 Å². The van der Waals surface area contributed by atoms with Gasteiger partial charge in [-0.1, -0.05) is 0 Å². The van der Waals surface area contributed by atoms with Crippen LogP contribution >= 0.6 is 0 Å². The quantitative estimate of drug-likeness (QED) is 0.732. The third-order valence-electron chi connectivity index (χ3n) is 4.39. The standard InChI is InChI=1S/C16H18N8O/c1-22-8-7-18-15(22)14-10-17-6-9-23(14)16(25)12-2-4-13(5-3-12)24-11-19-20-21-24/h2-5,7-8,11,14,17H,6,9-10H2,1H3. The van der Waals surface area contributed by atoms with Crippen molar-refractivity contribution in [1.82, 2.24) is 40.0 Å². The average Bonchev–Trinajstić information content (AvgIpc) is 3.33. The van der Waals surface area contributed by atoms with Crippen molar-refractivity contribution in [3.05, 3.63) is 54.4 Å². The number of aryl methyl sites for hydroxylation is 1. The van der Waals surface area contributed by atoms with Crippen LogP contribution in [0.25, 0.3) is 5.69 Å². The van der Waals surface area contributed by atoms with Crippen molar-refractivity contribution in [2.24, 2.45) is 7.05 Å². The molecule has 1 unspecified atom stereocenters. The third kappa shape index (κ3) is 2.89. The van der Waals surface area contributed by atoms with E-state index in [0.717, 1.165) is 18.1 Å². The van der Waals surface area contributed by atoms with E-state index in [1.54, 1.807) is 23.0 Å². The molecule has 2 aromatic heterocycles. The first-order valence-corrected chi connectivity index (χ1v) is 8.06. The number of nitrogens with one attached hydrogen (secondary N) is 1. The molecule has 3 heterocycles. The Hall–Kier alpha value is -3.07. The number of amides is 1. The van der Waals surface area contributed by atoms with E-state index in [4.69, 9.17) is 0 Å². The number of carbonyl (C=O) groups is 1. The first kappa shape index (κ1) is 15.5. The summed E-state index contributed by atoms with van der Waals surface area (Å²) in [4.78, 5) is 19.3. The van der Waals surface area contributed by atoms with Crippen LogP contribution in [0.2, 0.25) is 0 Å². The molecule has 9 heteroatoms. The van der Waals surface area contributed by atoms with E-state index >= 15 is 0 Å². The summed E-state index contributed by atoms with van der Waals surface area (Å²) >= 11 is 0. The van der Waals surface area contributed by atoms with Gasteiger partial charge in [0.05, 0.1) is 5.69 Å². The van der Waals surface area contributed by atoms with Gasteiger partial charge in [-0.25, -0.2) is 9.67 Å². The Labute approximate surface area is 144 Å². The summed E-state index contributed by atoms with van der Waals surface area (Å²) in [6.45, 7) is 2.11. The van der Waals surface area contributed by atoms with Crippen LogP contribution in [0.4, 0.5) is 0 Å². The first-order chi connectivity index (χ1) is 12.2. The molecule has 128 valence electrons. The Bertz CT molecular complexity index is 855. The lowest BCUT2D eigenvalue weighted by atomic mass is 10.1. The number of carbonyl (C=O) groups excluding carboxylic acids is 1. The van der Waals surface area contributed by atoms with Crippen molar-refractivity contribution in [3.63, 3.8) is 0 Å². The number of hydrogen-bond donors (Lipinski definition) is 1. The minimum absolute atomic E-state index is 0.00207. The molecule has 25 heavy (non-hydrogen) atoms. The number of nitrogens with zero attached hydrogens (tertiary/aromatic N) is 7. The molecule has 1 fully saturated rings. The molecule has 4 rings (SSSR count). The number of piperazine rings is 1. The maximum Gasteiger partial charge on any atom is 0.254 e. The van der Waals surface area contributed by atoms with Gasteiger partial charge in [0.2, 0.25) is 0 Å².